The monoisotopic (exact) mass is 730 g/mol. The van der Waals surface area contributed by atoms with Gasteiger partial charge in [-0.05, 0) is 25.7 Å². The molecule has 0 atom stereocenters. The van der Waals surface area contributed by atoms with E-state index < -0.39 is 0 Å². The highest BCUT2D eigenvalue weighted by atomic mass is 127. The highest BCUT2D eigenvalue weighted by Gasteiger charge is 2.29. The number of aromatic nitrogens is 4. The molecule has 0 radical (unpaired) electrons. The van der Waals surface area contributed by atoms with Crippen LogP contribution in [-0.2, 0) is 23.6 Å². The maximum atomic E-state index is 12.5. The average molecular weight is 730 g/mol. The quantitative estimate of drug-likeness (QED) is 0.0807. The van der Waals surface area contributed by atoms with Crippen molar-refractivity contribution in [2.24, 2.45) is 14.1 Å². The number of nitrogens with zero attached hydrogens (tertiary/aromatic N) is 4. The van der Waals surface area contributed by atoms with Gasteiger partial charge < -0.3 is 57.4 Å². The van der Waals surface area contributed by atoms with Gasteiger partial charge in [0.2, 0.25) is 0 Å². The van der Waals surface area contributed by atoms with Crippen molar-refractivity contribution in [3.63, 3.8) is 0 Å². The number of halogens is 2. The molecule has 0 saturated carbocycles. The van der Waals surface area contributed by atoms with Crippen molar-refractivity contribution in [2.75, 3.05) is 13.2 Å². The number of carbonyl (C=O) groups excluding carboxylic acids is 2. The maximum Gasteiger partial charge on any atom is 0.383 e. The van der Waals surface area contributed by atoms with Crippen molar-refractivity contribution in [1.82, 2.24) is 9.13 Å². The Bertz CT molecular complexity index is 1190. The second-order valence-corrected chi connectivity index (χ2v) is 9.53. The van der Waals surface area contributed by atoms with Crippen molar-refractivity contribution in [2.45, 2.75) is 39.5 Å². The molecule has 4 rings (SSSR count). The number of rotatable bonds is 9. The Hall–Kier alpha value is -1.26. The van der Waals surface area contributed by atoms with Gasteiger partial charge in [0.05, 0.1) is 27.3 Å². The summed E-state index contributed by atoms with van der Waals surface area (Å²) in [7, 11) is 3.90. The Morgan fingerprint density at radius 3 is 1.53 bits per heavy atom. The topological polar surface area (TPSA) is 70.7 Å². The molecule has 0 aliphatic carbocycles. The van der Waals surface area contributed by atoms with Crippen molar-refractivity contribution >= 4 is 44.5 Å². The lowest BCUT2D eigenvalue weighted by Gasteiger charge is -2.04. The zero-order valence-corrected chi connectivity index (χ0v) is 25.5. The van der Waals surface area contributed by atoms with Gasteiger partial charge >= 0.3 is 21.9 Å². The number of carbonyl (C=O) groups is 2. The van der Waals surface area contributed by atoms with Crippen molar-refractivity contribution in [3.05, 3.63) is 45.9 Å². The number of unbranched alkanes of at least 4 members (excludes halogenated alkanes) is 3. The lowest BCUT2D eigenvalue weighted by Crippen LogP contribution is -3.00. The molecule has 4 aromatic heterocycles. The van der Waals surface area contributed by atoms with Crippen LogP contribution in [0.15, 0.2) is 23.2 Å². The molecular formula is C22H28I2N4O4S2. The van der Waals surface area contributed by atoms with Crippen LogP contribution in [0.1, 0.15) is 58.0 Å². The first-order chi connectivity index (χ1) is 15.4. The summed E-state index contributed by atoms with van der Waals surface area (Å²) in [6.45, 7) is 4.62. The third-order valence-corrected chi connectivity index (χ3v) is 7.70. The minimum absolute atomic E-state index is 0. The Morgan fingerprint density at radius 1 is 0.765 bits per heavy atom. The predicted octanol–water partition coefficient (Wildman–Crippen LogP) is -2.84. The second kappa shape index (κ2) is 12.6. The maximum absolute atomic E-state index is 12.5. The smallest absolute Gasteiger partial charge is 0.383 e. The number of imidazole rings is 2. The molecular weight excluding hydrogens is 702 g/mol. The van der Waals surface area contributed by atoms with Crippen LogP contribution < -0.4 is 56.8 Å². The number of esters is 2. The van der Waals surface area contributed by atoms with Crippen molar-refractivity contribution < 1.29 is 75.8 Å². The molecule has 0 spiro atoms. The highest BCUT2D eigenvalue weighted by Crippen LogP contribution is 2.16. The molecule has 186 valence electrons. The van der Waals surface area contributed by atoms with E-state index in [2.05, 4.69) is 0 Å². The van der Waals surface area contributed by atoms with Crippen LogP contribution in [0, 0.1) is 13.8 Å². The van der Waals surface area contributed by atoms with Crippen LogP contribution in [0.25, 0.3) is 9.92 Å². The number of hydrogen-bond donors (Lipinski definition) is 0. The second-order valence-electron chi connectivity index (χ2n) is 7.78. The molecule has 0 saturated heterocycles. The Kier molecular flexibility index (Phi) is 10.8. The largest absolute Gasteiger partial charge is 1.00 e. The SMILES string of the molecule is Cc1c(C(=O)OCCCCCCOC(=O)c2c(C)n(C)c3scc[n+]23)[n+]2ccsc2n1C.[I-].[I-]. The summed E-state index contributed by atoms with van der Waals surface area (Å²) in [5.41, 5.74) is 2.97. The number of thiazole rings is 2. The van der Waals surface area contributed by atoms with Crippen molar-refractivity contribution in [3.8, 4) is 0 Å². The third-order valence-electron chi connectivity index (χ3n) is 5.82. The van der Waals surface area contributed by atoms with E-state index in [4.69, 9.17) is 9.47 Å². The molecule has 0 unspecified atom stereocenters. The minimum atomic E-state index is -0.291. The van der Waals surface area contributed by atoms with Gasteiger partial charge in [0, 0.05) is 24.6 Å². The highest BCUT2D eigenvalue weighted by molar-refractivity contribution is 7.14. The van der Waals surface area contributed by atoms with Gasteiger partial charge in [-0.3, -0.25) is 0 Å². The fourth-order valence-electron chi connectivity index (χ4n) is 3.84. The Balaban J connectivity index is 0.00000204. The molecule has 12 heteroatoms. The van der Waals surface area contributed by atoms with Gasteiger partial charge in [-0.2, -0.15) is 8.80 Å². The summed E-state index contributed by atoms with van der Waals surface area (Å²) < 4.78 is 18.8. The standard InChI is InChI=1S/C22H28N4O4S2.2HI/c1-15-17(25-9-13-31-21(25)23(15)3)19(27)29-11-7-5-6-8-12-30-20(28)18-16(2)24(4)22-26(18)10-14-32-22;;/h9-10,13-14H,5-8,11-12H2,1-4H3;2*1H/q+2;;/p-2. The summed E-state index contributed by atoms with van der Waals surface area (Å²) in [6, 6.07) is 0. The fraction of sp³-hybridized carbons (Fsp3) is 0.455. The summed E-state index contributed by atoms with van der Waals surface area (Å²) in [4.78, 5) is 27.1. The molecule has 0 aliphatic heterocycles. The predicted molar refractivity (Wildman–Crippen MR) is 121 cm³/mol. The van der Waals surface area contributed by atoms with Gasteiger partial charge in [-0.15, -0.1) is 0 Å². The van der Waals surface area contributed by atoms with E-state index >= 15 is 0 Å². The summed E-state index contributed by atoms with van der Waals surface area (Å²) in [6.07, 6.45) is 7.17. The summed E-state index contributed by atoms with van der Waals surface area (Å²) in [5.74, 6) is -0.582. The minimum Gasteiger partial charge on any atom is -1.00 e. The lowest BCUT2D eigenvalue weighted by atomic mass is 10.2. The van der Waals surface area contributed by atoms with Gasteiger partial charge in [0.25, 0.3) is 11.4 Å². The van der Waals surface area contributed by atoms with Crippen LogP contribution in [0.4, 0.5) is 0 Å². The van der Waals surface area contributed by atoms with Crippen LogP contribution >= 0.6 is 22.7 Å². The van der Waals surface area contributed by atoms with Gasteiger partial charge in [0.15, 0.2) is 11.4 Å². The molecule has 0 fully saturated rings. The Morgan fingerprint density at radius 2 is 1.15 bits per heavy atom. The first-order valence-electron chi connectivity index (χ1n) is 10.6. The number of fused-ring (bicyclic) bond motifs is 2. The molecule has 0 aromatic carbocycles. The molecule has 8 nitrogen and oxygen atoms in total. The van der Waals surface area contributed by atoms with E-state index in [1.165, 1.54) is 0 Å². The molecule has 0 amide bonds. The molecule has 0 N–H and O–H groups in total. The van der Waals surface area contributed by atoms with Crippen LogP contribution in [0.5, 0.6) is 0 Å². The first kappa shape index (κ1) is 29.0. The summed E-state index contributed by atoms with van der Waals surface area (Å²) in [5, 5.41) is 3.91. The Labute approximate surface area is 240 Å². The van der Waals surface area contributed by atoms with E-state index in [9.17, 15) is 9.59 Å². The normalized spacial score (nSPS) is 10.8. The van der Waals surface area contributed by atoms with Crippen LogP contribution in [0.2, 0.25) is 0 Å². The van der Waals surface area contributed by atoms with Gasteiger partial charge in [-0.25, -0.2) is 18.7 Å². The zero-order chi connectivity index (χ0) is 22.8. The van der Waals surface area contributed by atoms with Gasteiger partial charge in [-0.1, -0.05) is 22.7 Å². The lowest BCUT2D eigenvalue weighted by molar-refractivity contribution is -0.510. The van der Waals surface area contributed by atoms with E-state index in [-0.39, 0.29) is 59.9 Å². The molecule has 34 heavy (non-hydrogen) atoms. The zero-order valence-electron chi connectivity index (χ0n) is 19.5. The molecule has 4 heterocycles. The first-order valence-corrected chi connectivity index (χ1v) is 12.4. The number of aryl methyl sites for hydroxylation is 2. The van der Waals surface area contributed by atoms with E-state index in [1.54, 1.807) is 22.7 Å². The molecule has 0 bridgehead atoms. The van der Waals surface area contributed by atoms with E-state index in [1.807, 2.05) is 69.0 Å². The fourth-order valence-corrected chi connectivity index (χ4v) is 5.57. The molecule has 0 aliphatic rings. The third kappa shape index (κ3) is 5.59. The summed E-state index contributed by atoms with van der Waals surface area (Å²) >= 11 is 3.18. The van der Waals surface area contributed by atoms with Crippen LogP contribution in [0.3, 0.4) is 0 Å². The average Bonchev–Trinajstić information content (AvgIpc) is 3.52. The number of hydrogen-bond acceptors (Lipinski definition) is 6. The van der Waals surface area contributed by atoms with Gasteiger partial charge in [0.1, 0.15) is 12.4 Å². The van der Waals surface area contributed by atoms with E-state index in [0.29, 0.717) is 24.6 Å². The molecule has 4 aromatic rings. The number of ether oxygens (including phenoxy) is 2. The van der Waals surface area contributed by atoms with Crippen LogP contribution in [-0.4, -0.2) is 34.3 Å². The van der Waals surface area contributed by atoms with Crippen molar-refractivity contribution in [1.29, 1.82) is 0 Å². The van der Waals surface area contributed by atoms with E-state index in [0.717, 1.165) is 47.0 Å².